The molecule has 2 heterocycles. The number of amides is 1. The van der Waals surface area contributed by atoms with E-state index in [1.165, 1.54) is 32.4 Å². The van der Waals surface area contributed by atoms with E-state index in [4.69, 9.17) is 4.74 Å². The molecule has 0 atom stereocenters. The highest BCUT2D eigenvalue weighted by Crippen LogP contribution is 2.21. The Morgan fingerprint density at radius 3 is 2.50 bits per heavy atom. The van der Waals surface area contributed by atoms with E-state index in [0.717, 1.165) is 31.6 Å². The van der Waals surface area contributed by atoms with Crippen molar-refractivity contribution in [3.63, 3.8) is 0 Å². The first-order valence-corrected chi connectivity index (χ1v) is 10.7. The molecule has 1 amide bonds. The average molecular weight is 393 g/mol. The molecule has 158 valence electrons. The quantitative estimate of drug-likeness (QED) is 0.481. The van der Waals surface area contributed by atoms with Crippen molar-refractivity contribution in [2.45, 2.75) is 64.8 Å². The number of piperidine rings is 2. The molecule has 2 fully saturated rings. The maximum Gasteiger partial charge on any atom is 0.325 e. The molecular formula is C21H36N4O3. The van der Waals surface area contributed by atoms with E-state index in [1.807, 2.05) is 11.8 Å². The summed E-state index contributed by atoms with van der Waals surface area (Å²) in [6.45, 7) is 8.44. The second-order valence-electron chi connectivity index (χ2n) is 7.57. The van der Waals surface area contributed by atoms with Gasteiger partial charge in [0.15, 0.2) is 0 Å². The molecule has 2 aliphatic heterocycles. The van der Waals surface area contributed by atoms with Gasteiger partial charge in [-0.25, -0.2) is 0 Å². The number of nitrogens with one attached hydrogen (secondary N) is 1. The standard InChI is InChI=1S/C21H36N4O3/c1-3-28-21(27)17-22-11-12-23-18(2)7-8-20(26)25-15-9-19(10-16-25)24-13-5-4-6-14-24/h11-12,19,22H,3-10,13-17H2,1-2H3/b12-11-,23-18?. The second-order valence-corrected chi connectivity index (χ2v) is 7.57. The number of rotatable bonds is 9. The summed E-state index contributed by atoms with van der Waals surface area (Å²) in [6, 6.07) is 0.667. The largest absolute Gasteiger partial charge is 0.465 e. The highest BCUT2D eigenvalue weighted by Gasteiger charge is 2.27. The van der Waals surface area contributed by atoms with Crippen LogP contribution in [0.4, 0.5) is 0 Å². The number of ether oxygens (including phenoxy) is 1. The fourth-order valence-corrected chi connectivity index (χ4v) is 3.85. The van der Waals surface area contributed by atoms with Gasteiger partial charge in [-0.3, -0.25) is 14.6 Å². The van der Waals surface area contributed by atoms with Crippen molar-refractivity contribution in [3.05, 3.63) is 12.4 Å². The topological polar surface area (TPSA) is 74.2 Å². The first kappa shape index (κ1) is 22.4. The van der Waals surface area contributed by atoms with Crippen LogP contribution in [0.2, 0.25) is 0 Å². The molecule has 0 bridgehead atoms. The number of carbonyl (C=O) groups excluding carboxylic acids is 2. The molecule has 0 radical (unpaired) electrons. The Hall–Kier alpha value is -1.89. The lowest BCUT2D eigenvalue weighted by Crippen LogP contribution is -2.48. The van der Waals surface area contributed by atoms with Gasteiger partial charge >= 0.3 is 5.97 Å². The van der Waals surface area contributed by atoms with Crippen molar-refractivity contribution < 1.29 is 14.3 Å². The lowest BCUT2D eigenvalue weighted by molar-refractivity contribution is -0.141. The zero-order valence-corrected chi connectivity index (χ0v) is 17.5. The summed E-state index contributed by atoms with van der Waals surface area (Å²) < 4.78 is 4.82. The van der Waals surface area contributed by atoms with Crippen molar-refractivity contribution in [2.24, 2.45) is 4.99 Å². The zero-order chi connectivity index (χ0) is 20.2. The zero-order valence-electron chi connectivity index (χ0n) is 17.5. The van der Waals surface area contributed by atoms with Gasteiger partial charge in [0.25, 0.3) is 0 Å². The van der Waals surface area contributed by atoms with Gasteiger partial charge in [0.1, 0.15) is 6.54 Å². The molecule has 0 aromatic carbocycles. The molecule has 0 saturated carbocycles. The summed E-state index contributed by atoms with van der Waals surface area (Å²) in [5.41, 5.74) is 0.908. The molecule has 0 aromatic heterocycles. The SMILES string of the molecule is CCOC(=O)CN/C=C\N=C(C)CCC(=O)N1CCC(N2CCCCC2)CC1. The highest BCUT2D eigenvalue weighted by atomic mass is 16.5. The summed E-state index contributed by atoms with van der Waals surface area (Å²) in [4.78, 5) is 32.6. The number of nitrogens with zero attached hydrogens (tertiary/aromatic N) is 3. The third-order valence-corrected chi connectivity index (χ3v) is 5.46. The van der Waals surface area contributed by atoms with Gasteiger partial charge in [-0.05, 0) is 59.0 Å². The minimum Gasteiger partial charge on any atom is -0.465 e. The van der Waals surface area contributed by atoms with E-state index < -0.39 is 0 Å². The number of aliphatic imine (C=N–C) groups is 1. The Kier molecular flexibility index (Phi) is 10.0. The van der Waals surface area contributed by atoms with Crippen molar-refractivity contribution in [1.82, 2.24) is 15.1 Å². The van der Waals surface area contributed by atoms with Crippen LogP contribution in [-0.4, -0.2) is 72.8 Å². The van der Waals surface area contributed by atoms with Gasteiger partial charge in [-0.1, -0.05) is 6.42 Å². The number of hydrogen-bond acceptors (Lipinski definition) is 6. The summed E-state index contributed by atoms with van der Waals surface area (Å²) >= 11 is 0. The summed E-state index contributed by atoms with van der Waals surface area (Å²) in [6.07, 6.45) is 10.6. The summed E-state index contributed by atoms with van der Waals surface area (Å²) in [7, 11) is 0. The van der Waals surface area contributed by atoms with Gasteiger partial charge in [0.05, 0.1) is 6.61 Å². The second kappa shape index (κ2) is 12.5. The average Bonchev–Trinajstić information content (AvgIpc) is 2.72. The van der Waals surface area contributed by atoms with Crippen LogP contribution >= 0.6 is 0 Å². The molecule has 28 heavy (non-hydrogen) atoms. The van der Waals surface area contributed by atoms with Crippen molar-refractivity contribution >= 4 is 17.6 Å². The van der Waals surface area contributed by atoms with Crippen LogP contribution < -0.4 is 5.32 Å². The predicted octanol–water partition coefficient (Wildman–Crippen LogP) is 2.33. The van der Waals surface area contributed by atoms with Crippen LogP contribution in [0.25, 0.3) is 0 Å². The Labute approximate surface area is 169 Å². The molecule has 0 unspecified atom stereocenters. The van der Waals surface area contributed by atoms with E-state index in [-0.39, 0.29) is 18.4 Å². The maximum atomic E-state index is 12.5. The molecule has 2 rings (SSSR count). The van der Waals surface area contributed by atoms with E-state index in [2.05, 4.69) is 15.2 Å². The summed E-state index contributed by atoms with van der Waals surface area (Å²) in [5.74, 6) is -0.0569. The van der Waals surface area contributed by atoms with Gasteiger partial charge in [-0.2, -0.15) is 0 Å². The van der Waals surface area contributed by atoms with Crippen molar-refractivity contribution in [2.75, 3.05) is 39.3 Å². The minimum absolute atomic E-state index is 0.130. The van der Waals surface area contributed by atoms with Gasteiger partial charge in [-0.15, -0.1) is 0 Å². The van der Waals surface area contributed by atoms with Crippen LogP contribution in [0.1, 0.15) is 58.8 Å². The fourth-order valence-electron chi connectivity index (χ4n) is 3.85. The first-order chi connectivity index (χ1) is 13.6. The van der Waals surface area contributed by atoms with Crippen LogP contribution in [0.15, 0.2) is 17.4 Å². The highest BCUT2D eigenvalue weighted by molar-refractivity contribution is 5.87. The smallest absolute Gasteiger partial charge is 0.325 e. The molecule has 2 aliphatic rings. The summed E-state index contributed by atoms with van der Waals surface area (Å²) in [5, 5.41) is 2.83. The number of likely N-dealkylation sites (tertiary alicyclic amines) is 2. The molecule has 1 N–H and O–H groups in total. The van der Waals surface area contributed by atoms with Gasteiger partial charge in [0.2, 0.25) is 5.91 Å². The van der Waals surface area contributed by atoms with E-state index >= 15 is 0 Å². The number of esters is 1. The fraction of sp³-hybridized carbons (Fsp3) is 0.762. The Morgan fingerprint density at radius 2 is 1.82 bits per heavy atom. The molecule has 0 spiro atoms. The Morgan fingerprint density at radius 1 is 1.11 bits per heavy atom. The molecule has 0 aromatic rings. The third kappa shape index (κ3) is 8.00. The van der Waals surface area contributed by atoms with E-state index in [9.17, 15) is 9.59 Å². The molecule has 7 heteroatoms. The predicted molar refractivity (Wildman–Crippen MR) is 111 cm³/mol. The van der Waals surface area contributed by atoms with Gasteiger partial charge < -0.3 is 19.9 Å². The Bertz CT molecular complexity index is 548. The van der Waals surface area contributed by atoms with Crippen LogP contribution in [0.5, 0.6) is 0 Å². The number of hydrogen-bond donors (Lipinski definition) is 1. The minimum atomic E-state index is -0.289. The lowest BCUT2D eigenvalue weighted by Gasteiger charge is -2.40. The third-order valence-electron chi connectivity index (χ3n) is 5.46. The molecular weight excluding hydrogens is 356 g/mol. The monoisotopic (exact) mass is 392 g/mol. The van der Waals surface area contributed by atoms with Crippen molar-refractivity contribution in [1.29, 1.82) is 0 Å². The van der Waals surface area contributed by atoms with Gasteiger partial charge in [0, 0.05) is 43.7 Å². The molecule has 2 saturated heterocycles. The molecule has 0 aliphatic carbocycles. The normalized spacial score (nSPS) is 19.8. The number of carbonyl (C=O) groups is 2. The first-order valence-electron chi connectivity index (χ1n) is 10.7. The van der Waals surface area contributed by atoms with Crippen LogP contribution in [0, 0.1) is 0 Å². The van der Waals surface area contributed by atoms with E-state index in [1.54, 1.807) is 19.3 Å². The lowest BCUT2D eigenvalue weighted by atomic mass is 9.99. The van der Waals surface area contributed by atoms with Crippen molar-refractivity contribution in [3.8, 4) is 0 Å². The molecule has 7 nitrogen and oxygen atoms in total. The van der Waals surface area contributed by atoms with E-state index in [0.29, 0.717) is 25.5 Å². The van der Waals surface area contributed by atoms with Crippen LogP contribution in [0.3, 0.4) is 0 Å². The Balaban J connectivity index is 1.61. The van der Waals surface area contributed by atoms with Crippen LogP contribution in [-0.2, 0) is 14.3 Å². The maximum absolute atomic E-state index is 12.5.